The van der Waals surface area contributed by atoms with E-state index in [1.165, 1.54) is 18.2 Å². The predicted molar refractivity (Wildman–Crippen MR) is 104 cm³/mol. The zero-order chi connectivity index (χ0) is 20.0. The first-order valence-electron chi connectivity index (χ1n) is 8.30. The summed E-state index contributed by atoms with van der Waals surface area (Å²) in [6.45, 7) is 5.67. The van der Waals surface area contributed by atoms with E-state index in [-0.39, 0.29) is 23.0 Å². The molecule has 0 radical (unpaired) electrons. The molecule has 2 rings (SSSR count). The van der Waals surface area contributed by atoms with Crippen LogP contribution in [0.5, 0.6) is 0 Å². The van der Waals surface area contributed by atoms with Gasteiger partial charge in [0.1, 0.15) is 0 Å². The molecule has 0 heterocycles. The smallest absolute Gasteiger partial charge is 0.269 e. The van der Waals surface area contributed by atoms with E-state index in [0.29, 0.717) is 16.8 Å². The Labute approximate surface area is 157 Å². The van der Waals surface area contributed by atoms with E-state index in [9.17, 15) is 19.7 Å². The lowest BCUT2D eigenvalue weighted by atomic mass is 10.1. The summed E-state index contributed by atoms with van der Waals surface area (Å²) in [4.78, 5) is 34.4. The number of nitrogens with zero attached hydrogens (tertiary/aromatic N) is 1. The molecular formula is C20H21N3O4. The van der Waals surface area contributed by atoms with Crippen molar-refractivity contribution in [3.05, 3.63) is 75.8 Å². The number of carbonyl (C=O) groups excluding carboxylic acids is 2. The summed E-state index contributed by atoms with van der Waals surface area (Å²) in [7, 11) is 0. The molecule has 7 nitrogen and oxygen atoms in total. The normalized spacial score (nSPS) is 11.2. The van der Waals surface area contributed by atoms with Crippen molar-refractivity contribution >= 4 is 29.3 Å². The SMILES string of the molecule is CC(C)(C)NC(=O)c1cccc(NC(=O)C=Cc2ccc([N+](=O)[O-])cc2)c1. The molecule has 0 aliphatic heterocycles. The van der Waals surface area contributed by atoms with Crippen molar-refractivity contribution in [3.8, 4) is 0 Å². The van der Waals surface area contributed by atoms with Crippen LogP contribution in [0.1, 0.15) is 36.7 Å². The van der Waals surface area contributed by atoms with Gasteiger partial charge in [-0.15, -0.1) is 0 Å². The Balaban J connectivity index is 2.02. The Morgan fingerprint density at radius 2 is 1.74 bits per heavy atom. The fourth-order valence-electron chi connectivity index (χ4n) is 2.21. The average molecular weight is 367 g/mol. The van der Waals surface area contributed by atoms with Crippen LogP contribution < -0.4 is 10.6 Å². The van der Waals surface area contributed by atoms with E-state index in [2.05, 4.69) is 10.6 Å². The van der Waals surface area contributed by atoms with Crippen LogP contribution in [0.25, 0.3) is 6.08 Å². The number of nitrogens with one attached hydrogen (secondary N) is 2. The summed E-state index contributed by atoms with van der Waals surface area (Å²) in [5, 5.41) is 16.2. The third-order valence-corrected chi connectivity index (χ3v) is 3.41. The standard InChI is InChI=1S/C20H21N3O4/c1-20(2,3)22-19(25)15-5-4-6-16(13-15)21-18(24)12-9-14-7-10-17(11-8-14)23(26)27/h4-13H,1-3H3,(H,21,24)(H,22,25). The highest BCUT2D eigenvalue weighted by Gasteiger charge is 2.15. The number of nitro benzene ring substituents is 1. The second kappa shape index (κ2) is 8.27. The third kappa shape index (κ3) is 6.39. The predicted octanol–water partition coefficient (Wildman–Crippen LogP) is 3.78. The first-order valence-corrected chi connectivity index (χ1v) is 8.30. The number of rotatable bonds is 5. The monoisotopic (exact) mass is 367 g/mol. The molecule has 27 heavy (non-hydrogen) atoms. The number of amides is 2. The second-order valence-electron chi connectivity index (χ2n) is 6.96. The number of anilines is 1. The molecule has 0 saturated carbocycles. The molecule has 0 bridgehead atoms. The lowest BCUT2D eigenvalue weighted by Crippen LogP contribution is -2.40. The lowest BCUT2D eigenvalue weighted by Gasteiger charge is -2.20. The fraction of sp³-hybridized carbons (Fsp3) is 0.200. The summed E-state index contributed by atoms with van der Waals surface area (Å²) in [5.74, 6) is -0.596. The van der Waals surface area contributed by atoms with Gasteiger partial charge in [0, 0.05) is 35.0 Å². The topological polar surface area (TPSA) is 101 Å². The Morgan fingerprint density at radius 3 is 2.33 bits per heavy atom. The first-order chi connectivity index (χ1) is 12.6. The van der Waals surface area contributed by atoms with Gasteiger partial charge in [0.15, 0.2) is 0 Å². The van der Waals surface area contributed by atoms with E-state index in [1.54, 1.807) is 42.5 Å². The Morgan fingerprint density at radius 1 is 1.07 bits per heavy atom. The maximum absolute atomic E-state index is 12.2. The molecule has 0 aliphatic carbocycles. The van der Waals surface area contributed by atoms with Crippen LogP contribution in [-0.4, -0.2) is 22.3 Å². The van der Waals surface area contributed by atoms with E-state index in [4.69, 9.17) is 0 Å². The van der Waals surface area contributed by atoms with E-state index >= 15 is 0 Å². The van der Waals surface area contributed by atoms with Gasteiger partial charge in [-0.05, 0) is 62.7 Å². The molecule has 7 heteroatoms. The van der Waals surface area contributed by atoms with Crippen molar-refractivity contribution in [2.45, 2.75) is 26.3 Å². The van der Waals surface area contributed by atoms with Crippen LogP contribution in [-0.2, 0) is 4.79 Å². The minimum atomic E-state index is -0.483. The highest BCUT2D eigenvalue weighted by atomic mass is 16.6. The molecule has 0 aliphatic rings. The van der Waals surface area contributed by atoms with Crippen molar-refractivity contribution in [1.82, 2.24) is 5.32 Å². The summed E-state index contributed by atoms with van der Waals surface area (Å²) in [5.41, 5.74) is 1.23. The van der Waals surface area contributed by atoms with Crippen molar-refractivity contribution in [3.63, 3.8) is 0 Å². The lowest BCUT2D eigenvalue weighted by molar-refractivity contribution is -0.384. The van der Waals surface area contributed by atoms with Crippen LogP contribution in [0, 0.1) is 10.1 Å². The summed E-state index contributed by atoms with van der Waals surface area (Å²) < 4.78 is 0. The van der Waals surface area contributed by atoms with Crippen molar-refractivity contribution < 1.29 is 14.5 Å². The molecule has 2 N–H and O–H groups in total. The summed E-state index contributed by atoms with van der Waals surface area (Å²) in [6, 6.07) is 12.5. The van der Waals surface area contributed by atoms with Gasteiger partial charge in [0.05, 0.1) is 4.92 Å². The molecule has 0 spiro atoms. The van der Waals surface area contributed by atoms with E-state index in [0.717, 1.165) is 0 Å². The molecule has 2 amide bonds. The number of hydrogen-bond acceptors (Lipinski definition) is 4. The number of nitro groups is 1. The molecule has 2 aromatic rings. The van der Waals surface area contributed by atoms with Gasteiger partial charge in [0.25, 0.3) is 11.6 Å². The molecule has 0 aromatic heterocycles. The molecule has 0 unspecified atom stereocenters. The van der Waals surface area contributed by atoms with Crippen LogP contribution in [0.15, 0.2) is 54.6 Å². The second-order valence-corrected chi connectivity index (χ2v) is 6.96. The maximum atomic E-state index is 12.2. The third-order valence-electron chi connectivity index (χ3n) is 3.41. The quantitative estimate of drug-likeness (QED) is 0.477. The van der Waals surface area contributed by atoms with Crippen molar-refractivity contribution in [1.29, 1.82) is 0 Å². The molecule has 140 valence electrons. The highest BCUT2D eigenvalue weighted by Crippen LogP contribution is 2.14. The molecule has 0 atom stereocenters. The van der Waals surface area contributed by atoms with Crippen LogP contribution in [0.2, 0.25) is 0 Å². The van der Waals surface area contributed by atoms with Crippen molar-refractivity contribution in [2.75, 3.05) is 5.32 Å². The van der Waals surface area contributed by atoms with Gasteiger partial charge in [-0.1, -0.05) is 6.07 Å². The van der Waals surface area contributed by atoms with E-state index in [1.807, 2.05) is 20.8 Å². The van der Waals surface area contributed by atoms with E-state index < -0.39 is 4.92 Å². The largest absolute Gasteiger partial charge is 0.347 e. The van der Waals surface area contributed by atoms with Crippen molar-refractivity contribution in [2.24, 2.45) is 0 Å². The van der Waals surface area contributed by atoms with Gasteiger partial charge >= 0.3 is 0 Å². The molecule has 0 saturated heterocycles. The number of benzene rings is 2. The average Bonchev–Trinajstić information content (AvgIpc) is 2.59. The summed E-state index contributed by atoms with van der Waals surface area (Å²) >= 11 is 0. The number of carbonyl (C=O) groups is 2. The van der Waals surface area contributed by atoms with Gasteiger partial charge < -0.3 is 10.6 Å². The highest BCUT2D eigenvalue weighted by molar-refractivity contribution is 6.03. The van der Waals surface area contributed by atoms with Gasteiger partial charge in [-0.3, -0.25) is 19.7 Å². The van der Waals surface area contributed by atoms with Gasteiger partial charge in [-0.2, -0.15) is 0 Å². The minimum absolute atomic E-state index is 0.0121. The number of non-ortho nitro benzene ring substituents is 1. The minimum Gasteiger partial charge on any atom is -0.347 e. The van der Waals surface area contributed by atoms with Crippen LogP contribution >= 0.6 is 0 Å². The Hall–Kier alpha value is -3.48. The molecule has 2 aromatic carbocycles. The zero-order valence-corrected chi connectivity index (χ0v) is 15.4. The van der Waals surface area contributed by atoms with Crippen LogP contribution in [0.3, 0.4) is 0 Å². The van der Waals surface area contributed by atoms with Crippen LogP contribution in [0.4, 0.5) is 11.4 Å². The molecule has 0 fully saturated rings. The fourth-order valence-corrected chi connectivity index (χ4v) is 2.21. The maximum Gasteiger partial charge on any atom is 0.269 e. The number of hydrogen-bond donors (Lipinski definition) is 2. The van der Waals surface area contributed by atoms with Gasteiger partial charge in [0.2, 0.25) is 5.91 Å². The molecular weight excluding hydrogens is 346 g/mol. The Kier molecular flexibility index (Phi) is 6.07. The van der Waals surface area contributed by atoms with Gasteiger partial charge in [-0.25, -0.2) is 0 Å². The summed E-state index contributed by atoms with van der Waals surface area (Å²) in [6.07, 6.45) is 2.87. The Bertz CT molecular complexity index is 881. The zero-order valence-electron chi connectivity index (χ0n) is 15.4. The first kappa shape index (κ1) is 19.8.